The highest BCUT2D eigenvalue weighted by Crippen LogP contribution is 2.57. The van der Waals surface area contributed by atoms with E-state index in [4.69, 9.17) is 0 Å². The standard InChI is InChI=1S/C12H8F8O2/c13-6(14)3-22-5-2-1-4(12(18,19)20)7-8(5)10(21)11(16,17)9(7)15/h1-2,6,9-10,21H,3H2/t9-,10?/m0/s1. The third-order valence-electron chi connectivity index (χ3n) is 3.15. The third-order valence-corrected chi connectivity index (χ3v) is 3.15. The van der Waals surface area contributed by atoms with E-state index in [1.807, 2.05) is 0 Å². The predicted molar refractivity (Wildman–Crippen MR) is 56.7 cm³/mol. The fourth-order valence-electron chi connectivity index (χ4n) is 2.22. The minimum absolute atomic E-state index is 0.250. The van der Waals surface area contributed by atoms with Crippen molar-refractivity contribution in [2.24, 2.45) is 0 Å². The molecule has 124 valence electrons. The van der Waals surface area contributed by atoms with E-state index in [0.29, 0.717) is 6.07 Å². The zero-order chi connectivity index (χ0) is 16.9. The summed E-state index contributed by atoms with van der Waals surface area (Å²) < 4.78 is 108. The van der Waals surface area contributed by atoms with Gasteiger partial charge in [0.25, 0.3) is 6.43 Å². The zero-order valence-corrected chi connectivity index (χ0v) is 10.5. The van der Waals surface area contributed by atoms with Crippen LogP contribution in [0.2, 0.25) is 0 Å². The van der Waals surface area contributed by atoms with Crippen LogP contribution in [0.15, 0.2) is 12.1 Å². The summed E-state index contributed by atoms with van der Waals surface area (Å²) in [4.78, 5) is 0. The number of rotatable bonds is 3. The molecule has 0 spiro atoms. The van der Waals surface area contributed by atoms with Gasteiger partial charge in [0.05, 0.1) is 5.56 Å². The number of hydrogen-bond acceptors (Lipinski definition) is 2. The molecule has 1 aromatic rings. The summed E-state index contributed by atoms with van der Waals surface area (Å²) in [5, 5.41) is 9.39. The van der Waals surface area contributed by atoms with E-state index in [1.54, 1.807) is 0 Å². The monoisotopic (exact) mass is 336 g/mol. The maximum Gasteiger partial charge on any atom is 0.416 e. The quantitative estimate of drug-likeness (QED) is 0.844. The second kappa shape index (κ2) is 5.25. The van der Waals surface area contributed by atoms with Gasteiger partial charge in [0.2, 0.25) is 0 Å². The Hall–Kier alpha value is -1.58. The minimum Gasteiger partial charge on any atom is -0.487 e. The van der Waals surface area contributed by atoms with Crippen molar-refractivity contribution in [1.29, 1.82) is 0 Å². The topological polar surface area (TPSA) is 29.5 Å². The number of benzene rings is 1. The van der Waals surface area contributed by atoms with Crippen LogP contribution in [0.25, 0.3) is 0 Å². The van der Waals surface area contributed by atoms with Gasteiger partial charge in [0.1, 0.15) is 18.5 Å². The van der Waals surface area contributed by atoms with Gasteiger partial charge >= 0.3 is 12.1 Å². The van der Waals surface area contributed by atoms with Gasteiger partial charge in [0, 0.05) is 11.1 Å². The summed E-state index contributed by atoms with van der Waals surface area (Å²) in [6, 6.07) is 0.752. The molecule has 0 saturated carbocycles. The highest BCUT2D eigenvalue weighted by molar-refractivity contribution is 5.53. The molecule has 10 heteroatoms. The number of aliphatic hydroxyl groups excluding tert-OH is 1. The Morgan fingerprint density at radius 1 is 1.18 bits per heavy atom. The molecule has 2 rings (SSSR count). The molecule has 2 atom stereocenters. The lowest BCUT2D eigenvalue weighted by Gasteiger charge is -2.17. The molecule has 1 aromatic carbocycles. The number of alkyl halides is 8. The first-order chi connectivity index (χ1) is 9.98. The summed E-state index contributed by atoms with van der Waals surface area (Å²) in [6.07, 6.45) is -14.5. The van der Waals surface area contributed by atoms with Crippen molar-refractivity contribution in [3.63, 3.8) is 0 Å². The number of ether oxygens (including phenoxy) is 1. The van der Waals surface area contributed by atoms with E-state index in [9.17, 15) is 40.2 Å². The first-order valence-corrected chi connectivity index (χ1v) is 5.82. The van der Waals surface area contributed by atoms with Crippen LogP contribution < -0.4 is 4.74 Å². The van der Waals surface area contributed by atoms with Crippen molar-refractivity contribution in [3.05, 3.63) is 28.8 Å². The molecule has 0 heterocycles. The molecule has 0 bridgehead atoms. The molecule has 0 aliphatic heterocycles. The summed E-state index contributed by atoms with van der Waals surface area (Å²) in [5.74, 6) is -5.36. The maximum absolute atomic E-state index is 13.7. The molecule has 1 N–H and O–H groups in total. The van der Waals surface area contributed by atoms with E-state index in [2.05, 4.69) is 4.74 Å². The molecule has 0 aromatic heterocycles. The molecule has 1 aliphatic carbocycles. The Balaban J connectivity index is 2.61. The van der Waals surface area contributed by atoms with Gasteiger partial charge in [0.15, 0.2) is 6.17 Å². The molecule has 1 aliphatic rings. The Morgan fingerprint density at radius 2 is 1.77 bits per heavy atom. The lowest BCUT2D eigenvalue weighted by atomic mass is 10.0. The van der Waals surface area contributed by atoms with Gasteiger partial charge < -0.3 is 9.84 Å². The van der Waals surface area contributed by atoms with E-state index in [1.165, 1.54) is 0 Å². The fourth-order valence-corrected chi connectivity index (χ4v) is 2.22. The average molecular weight is 336 g/mol. The van der Waals surface area contributed by atoms with Crippen molar-refractivity contribution in [2.45, 2.75) is 30.8 Å². The molecule has 0 amide bonds. The molecular weight excluding hydrogens is 328 g/mol. The Labute approximate surface area is 118 Å². The van der Waals surface area contributed by atoms with E-state index < -0.39 is 59.8 Å². The third kappa shape index (κ3) is 2.59. The number of hydrogen-bond donors (Lipinski definition) is 1. The van der Waals surface area contributed by atoms with Crippen molar-refractivity contribution < 1.29 is 45.0 Å². The van der Waals surface area contributed by atoms with Crippen LogP contribution in [0.5, 0.6) is 5.75 Å². The van der Waals surface area contributed by atoms with Crippen LogP contribution in [0.3, 0.4) is 0 Å². The predicted octanol–water partition coefficient (Wildman–Crippen LogP) is 4.04. The molecule has 22 heavy (non-hydrogen) atoms. The normalized spacial score (nSPS) is 23.7. The van der Waals surface area contributed by atoms with Gasteiger partial charge in [-0.25, -0.2) is 13.2 Å². The zero-order valence-electron chi connectivity index (χ0n) is 10.5. The summed E-state index contributed by atoms with van der Waals surface area (Å²) in [7, 11) is 0. The average Bonchev–Trinajstić information content (AvgIpc) is 2.57. The lowest BCUT2D eigenvalue weighted by molar-refractivity contribution is -0.149. The number of halogens is 8. The maximum atomic E-state index is 13.7. The summed E-state index contributed by atoms with van der Waals surface area (Å²) in [5.41, 5.74) is -4.36. The van der Waals surface area contributed by atoms with Gasteiger partial charge in [-0.1, -0.05) is 0 Å². The van der Waals surface area contributed by atoms with E-state index >= 15 is 0 Å². The van der Waals surface area contributed by atoms with Crippen molar-refractivity contribution >= 4 is 0 Å². The van der Waals surface area contributed by atoms with E-state index in [-0.39, 0.29) is 6.07 Å². The summed E-state index contributed by atoms with van der Waals surface area (Å²) in [6.45, 7) is -1.30. The van der Waals surface area contributed by atoms with Crippen molar-refractivity contribution in [1.82, 2.24) is 0 Å². The molecule has 0 saturated heterocycles. The van der Waals surface area contributed by atoms with Gasteiger partial charge in [-0.05, 0) is 12.1 Å². The van der Waals surface area contributed by atoms with Crippen LogP contribution in [-0.4, -0.2) is 24.1 Å². The first-order valence-electron chi connectivity index (χ1n) is 5.82. The lowest BCUT2D eigenvalue weighted by Crippen LogP contribution is -2.24. The van der Waals surface area contributed by atoms with Crippen LogP contribution in [0.1, 0.15) is 29.0 Å². The second-order valence-corrected chi connectivity index (χ2v) is 4.58. The van der Waals surface area contributed by atoms with Gasteiger partial charge in [-0.2, -0.15) is 22.0 Å². The Bertz CT molecular complexity index is 569. The van der Waals surface area contributed by atoms with Crippen LogP contribution in [0, 0.1) is 0 Å². The molecule has 1 unspecified atom stereocenters. The molecule has 0 fully saturated rings. The van der Waals surface area contributed by atoms with Gasteiger partial charge in [-0.3, -0.25) is 0 Å². The number of aliphatic hydroxyl groups is 1. The molecule has 2 nitrogen and oxygen atoms in total. The summed E-state index contributed by atoms with van der Waals surface area (Å²) >= 11 is 0. The van der Waals surface area contributed by atoms with Crippen molar-refractivity contribution in [3.8, 4) is 5.75 Å². The van der Waals surface area contributed by atoms with Crippen molar-refractivity contribution in [2.75, 3.05) is 6.61 Å². The van der Waals surface area contributed by atoms with Crippen LogP contribution >= 0.6 is 0 Å². The first kappa shape index (κ1) is 16.8. The highest BCUT2D eigenvalue weighted by Gasteiger charge is 2.60. The largest absolute Gasteiger partial charge is 0.487 e. The molecule has 0 radical (unpaired) electrons. The van der Waals surface area contributed by atoms with Crippen LogP contribution in [0.4, 0.5) is 35.1 Å². The van der Waals surface area contributed by atoms with Crippen LogP contribution in [-0.2, 0) is 6.18 Å². The SMILES string of the molecule is OC1c2c(OCC(F)F)ccc(C(F)(F)F)c2[C@H](F)C1(F)F. The highest BCUT2D eigenvalue weighted by atomic mass is 19.4. The smallest absolute Gasteiger partial charge is 0.416 e. The number of fused-ring (bicyclic) bond motifs is 1. The second-order valence-electron chi connectivity index (χ2n) is 4.58. The fraction of sp³-hybridized carbons (Fsp3) is 0.500. The molecular formula is C12H8F8O2. The Morgan fingerprint density at radius 3 is 2.27 bits per heavy atom. The van der Waals surface area contributed by atoms with E-state index in [0.717, 1.165) is 0 Å². The van der Waals surface area contributed by atoms with Gasteiger partial charge in [-0.15, -0.1) is 0 Å². The minimum atomic E-state index is -5.16. The Kier molecular flexibility index (Phi) is 4.01.